The quantitative estimate of drug-likeness (QED) is 0.640. The number of likely N-dealkylation sites (N-methyl/N-ethyl adjacent to an activating group) is 1. The molecule has 16 heavy (non-hydrogen) atoms. The summed E-state index contributed by atoms with van der Waals surface area (Å²) in [6, 6.07) is 0.481. The van der Waals surface area contributed by atoms with Gasteiger partial charge in [0.1, 0.15) is 0 Å². The average molecular weight is 226 g/mol. The van der Waals surface area contributed by atoms with Gasteiger partial charge in [-0.3, -0.25) is 0 Å². The standard InChI is InChI=1S/C14H30N2/c1-8-10-15-13(11-12(3)9-2)14(4,5)16(6)7/h13,15H,3,8-11H2,1-2,4-7H3. The van der Waals surface area contributed by atoms with Crippen LogP contribution in [0.2, 0.25) is 0 Å². The van der Waals surface area contributed by atoms with Crippen molar-refractivity contribution in [3.05, 3.63) is 12.2 Å². The van der Waals surface area contributed by atoms with Gasteiger partial charge in [0.2, 0.25) is 0 Å². The summed E-state index contributed by atoms with van der Waals surface area (Å²) in [5.41, 5.74) is 1.50. The molecule has 0 saturated heterocycles. The Morgan fingerprint density at radius 2 is 1.88 bits per heavy atom. The fraction of sp³-hybridized carbons (Fsp3) is 0.857. The first kappa shape index (κ1) is 15.7. The lowest BCUT2D eigenvalue weighted by Crippen LogP contribution is -2.55. The minimum absolute atomic E-state index is 0.160. The van der Waals surface area contributed by atoms with Crippen molar-refractivity contribution in [2.75, 3.05) is 20.6 Å². The fourth-order valence-electron chi connectivity index (χ4n) is 1.63. The zero-order valence-electron chi connectivity index (χ0n) is 12.1. The summed E-state index contributed by atoms with van der Waals surface area (Å²) in [4.78, 5) is 2.29. The average Bonchev–Trinajstić information content (AvgIpc) is 2.23. The van der Waals surface area contributed by atoms with Gasteiger partial charge in [0.15, 0.2) is 0 Å². The smallest absolute Gasteiger partial charge is 0.0303 e. The van der Waals surface area contributed by atoms with Crippen LogP contribution in [-0.2, 0) is 0 Å². The van der Waals surface area contributed by atoms with Gasteiger partial charge in [-0.15, -0.1) is 0 Å². The molecule has 0 aromatic rings. The van der Waals surface area contributed by atoms with E-state index in [2.05, 4.69) is 58.6 Å². The number of hydrogen-bond acceptors (Lipinski definition) is 2. The molecule has 1 atom stereocenters. The maximum absolute atomic E-state index is 4.14. The molecule has 0 fully saturated rings. The molecule has 0 radical (unpaired) electrons. The molecule has 96 valence electrons. The summed E-state index contributed by atoms with van der Waals surface area (Å²) < 4.78 is 0. The zero-order valence-corrected chi connectivity index (χ0v) is 12.1. The minimum atomic E-state index is 0.160. The predicted molar refractivity (Wildman–Crippen MR) is 73.9 cm³/mol. The molecule has 0 aromatic heterocycles. The third kappa shape index (κ3) is 4.67. The van der Waals surface area contributed by atoms with Crippen molar-refractivity contribution in [3.63, 3.8) is 0 Å². The number of hydrogen-bond donors (Lipinski definition) is 1. The Bertz CT molecular complexity index is 207. The lowest BCUT2D eigenvalue weighted by molar-refractivity contribution is 0.137. The van der Waals surface area contributed by atoms with E-state index < -0.39 is 0 Å². The second kappa shape index (κ2) is 7.08. The second-order valence-corrected chi connectivity index (χ2v) is 5.36. The van der Waals surface area contributed by atoms with Crippen LogP contribution in [0.4, 0.5) is 0 Å². The van der Waals surface area contributed by atoms with Crippen LogP contribution in [0.1, 0.15) is 47.0 Å². The van der Waals surface area contributed by atoms with Gasteiger partial charge in [0.05, 0.1) is 0 Å². The van der Waals surface area contributed by atoms with Crippen LogP contribution >= 0.6 is 0 Å². The maximum atomic E-state index is 4.14. The van der Waals surface area contributed by atoms with Gasteiger partial charge >= 0.3 is 0 Å². The van der Waals surface area contributed by atoms with E-state index in [9.17, 15) is 0 Å². The van der Waals surface area contributed by atoms with E-state index in [0.29, 0.717) is 6.04 Å². The van der Waals surface area contributed by atoms with Crippen LogP contribution < -0.4 is 5.32 Å². The second-order valence-electron chi connectivity index (χ2n) is 5.36. The van der Waals surface area contributed by atoms with E-state index in [1.807, 2.05) is 0 Å². The van der Waals surface area contributed by atoms with Crippen LogP contribution in [0.25, 0.3) is 0 Å². The fourth-order valence-corrected chi connectivity index (χ4v) is 1.63. The molecule has 0 saturated carbocycles. The topological polar surface area (TPSA) is 15.3 Å². The molecule has 0 spiro atoms. The molecular formula is C14H30N2. The van der Waals surface area contributed by atoms with Gasteiger partial charge in [0.25, 0.3) is 0 Å². The summed E-state index contributed by atoms with van der Waals surface area (Å²) in [7, 11) is 4.30. The van der Waals surface area contributed by atoms with Crippen molar-refractivity contribution in [2.24, 2.45) is 0 Å². The first-order valence-corrected chi connectivity index (χ1v) is 6.43. The molecule has 1 N–H and O–H groups in total. The van der Waals surface area contributed by atoms with Crippen molar-refractivity contribution in [1.29, 1.82) is 0 Å². The lowest BCUT2D eigenvalue weighted by Gasteiger charge is -2.41. The summed E-state index contributed by atoms with van der Waals surface area (Å²) >= 11 is 0. The summed E-state index contributed by atoms with van der Waals surface area (Å²) in [5.74, 6) is 0. The predicted octanol–water partition coefficient (Wildman–Crippen LogP) is 3.05. The van der Waals surface area contributed by atoms with Gasteiger partial charge in [-0.05, 0) is 53.8 Å². The summed E-state index contributed by atoms with van der Waals surface area (Å²) in [6.45, 7) is 14.2. The van der Waals surface area contributed by atoms with Crippen LogP contribution in [-0.4, -0.2) is 37.1 Å². The van der Waals surface area contributed by atoms with Gasteiger partial charge in [-0.2, -0.15) is 0 Å². The Morgan fingerprint density at radius 1 is 1.31 bits per heavy atom. The Labute approximate surface area is 102 Å². The maximum Gasteiger partial charge on any atom is 0.0303 e. The monoisotopic (exact) mass is 226 g/mol. The van der Waals surface area contributed by atoms with Crippen molar-refractivity contribution in [3.8, 4) is 0 Å². The SMILES string of the molecule is C=C(CC)CC(NCCC)C(C)(C)N(C)C. The Kier molecular flexibility index (Phi) is 6.93. The van der Waals surface area contributed by atoms with E-state index >= 15 is 0 Å². The van der Waals surface area contributed by atoms with E-state index in [1.54, 1.807) is 0 Å². The molecule has 0 aliphatic carbocycles. The highest BCUT2D eigenvalue weighted by Gasteiger charge is 2.30. The Hall–Kier alpha value is -0.340. The van der Waals surface area contributed by atoms with Crippen molar-refractivity contribution >= 4 is 0 Å². The molecule has 1 unspecified atom stereocenters. The lowest BCUT2D eigenvalue weighted by atomic mass is 9.87. The first-order valence-electron chi connectivity index (χ1n) is 6.43. The normalized spacial score (nSPS) is 14.2. The number of nitrogens with zero attached hydrogens (tertiary/aromatic N) is 1. The zero-order chi connectivity index (χ0) is 12.8. The van der Waals surface area contributed by atoms with Crippen LogP contribution in [0.3, 0.4) is 0 Å². The third-order valence-electron chi connectivity index (χ3n) is 3.64. The summed E-state index contributed by atoms with van der Waals surface area (Å²) in [5, 5.41) is 3.65. The molecule has 2 nitrogen and oxygen atoms in total. The minimum Gasteiger partial charge on any atom is -0.312 e. The molecule has 0 rings (SSSR count). The van der Waals surface area contributed by atoms with E-state index in [-0.39, 0.29) is 5.54 Å². The largest absolute Gasteiger partial charge is 0.312 e. The van der Waals surface area contributed by atoms with Gasteiger partial charge < -0.3 is 10.2 Å². The molecule has 0 aromatic carbocycles. The third-order valence-corrected chi connectivity index (χ3v) is 3.64. The molecule has 2 heteroatoms. The Balaban J connectivity index is 4.58. The van der Waals surface area contributed by atoms with Crippen LogP contribution in [0.15, 0.2) is 12.2 Å². The molecule has 0 aliphatic rings. The highest BCUT2D eigenvalue weighted by Crippen LogP contribution is 2.22. The highest BCUT2D eigenvalue weighted by atomic mass is 15.2. The van der Waals surface area contributed by atoms with Crippen molar-refractivity contribution < 1.29 is 0 Å². The first-order chi connectivity index (χ1) is 7.36. The van der Waals surface area contributed by atoms with Crippen LogP contribution in [0.5, 0.6) is 0 Å². The van der Waals surface area contributed by atoms with Gasteiger partial charge in [-0.1, -0.05) is 26.0 Å². The molecule has 0 bridgehead atoms. The van der Waals surface area contributed by atoms with Crippen molar-refractivity contribution in [1.82, 2.24) is 10.2 Å². The summed E-state index contributed by atoms with van der Waals surface area (Å²) in [6.07, 6.45) is 3.33. The van der Waals surface area contributed by atoms with Crippen LogP contribution in [0, 0.1) is 0 Å². The Morgan fingerprint density at radius 3 is 2.25 bits per heavy atom. The van der Waals surface area contributed by atoms with E-state index in [0.717, 1.165) is 19.4 Å². The number of nitrogens with one attached hydrogen (secondary N) is 1. The number of rotatable bonds is 8. The van der Waals surface area contributed by atoms with E-state index in [1.165, 1.54) is 12.0 Å². The highest BCUT2D eigenvalue weighted by molar-refractivity contribution is 5.03. The van der Waals surface area contributed by atoms with Gasteiger partial charge in [-0.25, -0.2) is 0 Å². The molecule has 0 aliphatic heterocycles. The molecule has 0 heterocycles. The molecular weight excluding hydrogens is 196 g/mol. The molecule has 0 amide bonds. The van der Waals surface area contributed by atoms with Crippen molar-refractivity contribution in [2.45, 2.75) is 58.5 Å². The van der Waals surface area contributed by atoms with Gasteiger partial charge in [0, 0.05) is 11.6 Å². The van der Waals surface area contributed by atoms with E-state index in [4.69, 9.17) is 0 Å².